The summed E-state index contributed by atoms with van der Waals surface area (Å²) >= 11 is 6.26. The fraction of sp³-hybridized carbons (Fsp3) is 0.348. The fourth-order valence-corrected chi connectivity index (χ4v) is 3.18. The van der Waals surface area contributed by atoms with E-state index < -0.39 is 0 Å². The second-order valence-electron chi connectivity index (χ2n) is 6.50. The van der Waals surface area contributed by atoms with Crippen molar-refractivity contribution in [3.05, 3.63) is 52.6 Å². The number of halogens is 1. The molecule has 0 saturated carbocycles. The number of methoxy groups -OCH3 is 3. The molecule has 0 aliphatic carbocycles. The number of rotatable bonds is 10. The standard InChI is InChI=1S/C23H28ClNO5/c1-6-30-21-15-17(13-18(24)23(21)29-5)8-10-22(26)25(2)12-11-16-7-9-19(27-3)20(14-16)28-4/h7-10,13-15H,6,11-12H2,1-5H3/b10-8+. The van der Waals surface area contributed by atoms with E-state index in [0.717, 1.165) is 11.1 Å². The lowest BCUT2D eigenvalue weighted by Crippen LogP contribution is -2.27. The summed E-state index contributed by atoms with van der Waals surface area (Å²) in [4.78, 5) is 14.1. The number of hydrogen-bond donors (Lipinski definition) is 0. The monoisotopic (exact) mass is 433 g/mol. The van der Waals surface area contributed by atoms with Crippen molar-refractivity contribution in [3.8, 4) is 23.0 Å². The van der Waals surface area contributed by atoms with Crippen molar-refractivity contribution in [2.45, 2.75) is 13.3 Å². The highest BCUT2D eigenvalue weighted by molar-refractivity contribution is 6.32. The fourth-order valence-electron chi connectivity index (χ4n) is 2.88. The molecular weight excluding hydrogens is 406 g/mol. The number of benzene rings is 2. The molecule has 7 heteroatoms. The van der Waals surface area contributed by atoms with Crippen LogP contribution in [0.4, 0.5) is 0 Å². The van der Waals surface area contributed by atoms with Crippen LogP contribution in [-0.2, 0) is 11.2 Å². The molecule has 0 aromatic heterocycles. The zero-order chi connectivity index (χ0) is 22.1. The molecule has 2 aromatic carbocycles. The van der Waals surface area contributed by atoms with E-state index in [2.05, 4.69) is 0 Å². The highest BCUT2D eigenvalue weighted by Crippen LogP contribution is 2.36. The number of ether oxygens (including phenoxy) is 4. The average Bonchev–Trinajstić information content (AvgIpc) is 2.75. The smallest absolute Gasteiger partial charge is 0.246 e. The summed E-state index contributed by atoms with van der Waals surface area (Å²) in [5, 5.41) is 0.428. The van der Waals surface area contributed by atoms with Crippen LogP contribution in [0.15, 0.2) is 36.4 Å². The topological polar surface area (TPSA) is 57.2 Å². The summed E-state index contributed by atoms with van der Waals surface area (Å²) in [7, 11) is 6.50. The van der Waals surface area contributed by atoms with Crippen molar-refractivity contribution in [3.63, 3.8) is 0 Å². The molecule has 6 nitrogen and oxygen atoms in total. The van der Waals surface area contributed by atoms with Gasteiger partial charge in [-0.3, -0.25) is 4.79 Å². The van der Waals surface area contributed by atoms with Gasteiger partial charge in [-0.05, 0) is 54.8 Å². The summed E-state index contributed by atoms with van der Waals surface area (Å²) in [6, 6.07) is 9.27. The summed E-state index contributed by atoms with van der Waals surface area (Å²) < 4.78 is 21.4. The molecule has 162 valence electrons. The minimum Gasteiger partial charge on any atom is -0.493 e. The zero-order valence-corrected chi connectivity index (χ0v) is 18.8. The second-order valence-corrected chi connectivity index (χ2v) is 6.91. The van der Waals surface area contributed by atoms with E-state index >= 15 is 0 Å². The maximum Gasteiger partial charge on any atom is 0.246 e. The predicted molar refractivity (Wildman–Crippen MR) is 119 cm³/mol. The lowest BCUT2D eigenvalue weighted by Gasteiger charge is -2.16. The van der Waals surface area contributed by atoms with Gasteiger partial charge in [-0.2, -0.15) is 0 Å². The van der Waals surface area contributed by atoms with E-state index in [-0.39, 0.29) is 5.91 Å². The van der Waals surface area contributed by atoms with Gasteiger partial charge in [0, 0.05) is 19.7 Å². The zero-order valence-electron chi connectivity index (χ0n) is 18.0. The average molecular weight is 434 g/mol. The van der Waals surface area contributed by atoms with Gasteiger partial charge in [0.2, 0.25) is 5.91 Å². The quantitative estimate of drug-likeness (QED) is 0.517. The molecule has 0 saturated heterocycles. The lowest BCUT2D eigenvalue weighted by molar-refractivity contribution is -0.124. The minimum absolute atomic E-state index is 0.111. The summed E-state index contributed by atoms with van der Waals surface area (Å²) in [6.07, 6.45) is 3.92. The van der Waals surface area contributed by atoms with Crippen molar-refractivity contribution in [2.75, 3.05) is 41.5 Å². The highest BCUT2D eigenvalue weighted by Gasteiger charge is 2.12. The van der Waals surface area contributed by atoms with Gasteiger partial charge in [0.15, 0.2) is 23.0 Å². The Kier molecular flexibility index (Phi) is 8.87. The van der Waals surface area contributed by atoms with Crippen LogP contribution in [0.3, 0.4) is 0 Å². The number of carbonyl (C=O) groups is 1. The van der Waals surface area contributed by atoms with E-state index in [9.17, 15) is 4.79 Å². The molecule has 1 amide bonds. The number of amides is 1. The Morgan fingerprint density at radius 2 is 1.77 bits per heavy atom. The van der Waals surface area contributed by atoms with E-state index in [1.807, 2.05) is 25.1 Å². The molecule has 0 fully saturated rings. The van der Waals surface area contributed by atoms with Crippen molar-refractivity contribution in [1.82, 2.24) is 4.90 Å². The van der Waals surface area contributed by atoms with Gasteiger partial charge in [-0.15, -0.1) is 0 Å². The van der Waals surface area contributed by atoms with E-state index in [4.69, 9.17) is 30.5 Å². The first-order valence-corrected chi connectivity index (χ1v) is 9.95. The number of carbonyl (C=O) groups excluding carboxylic acids is 1. The maximum absolute atomic E-state index is 12.5. The minimum atomic E-state index is -0.111. The van der Waals surface area contributed by atoms with E-state index in [1.54, 1.807) is 44.4 Å². The van der Waals surface area contributed by atoms with E-state index in [1.165, 1.54) is 13.2 Å². The normalized spacial score (nSPS) is 10.7. The first-order valence-electron chi connectivity index (χ1n) is 9.57. The van der Waals surface area contributed by atoms with Crippen LogP contribution in [0, 0.1) is 0 Å². The SMILES string of the molecule is CCOc1cc(/C=C/C(=O)N(C)CCc2ccc(OC)c(OC)c2)cc(Cl)c1OC. The van der Waals surface area contributed by atoms with Gasteiger partial charge in [0.1, 0.15) is 0 Å². The molecule has 0 atom stereocenters. The van der Waals surface area contributed by atoms with Crippen LogP contribution in [0.5, 0.6) is 23.0 Å². The second kappa shape index (κ2) is 11.4. The Labute approximate surface area is 182 Å². The molecule has 0 unspecified atom stereocenters. The summed E-state index contributed by atoms with van der Waals surface area (Å²) in [6.45, 7) is 2.93. The van der Waals surface area contributed by atoms with Gasteiger partial charge >= 0.3 is 0 Å². The number of nitrogens with zero attached hydrogens (tertiary/aromatic N) is 1. The van der Waals surface area contributed by atoms with Gasteiger partial charge in [-0.25, -0.2) is 0 Å². The van der Waals surface area contributed by atoms with Crippen molar-refractivity contribution < 1.29 is 23.7 Å². The first-order chi connectivity index (χ1) is 14.4. The van der Waals surface area contributed by atoms with E-state index in [0.29, 0.717) is 47.6 Å². The van der Waals surface area contributed by atoms with Gasteiger partial charge in [-0.1, -0.05) is 17.7 Å². The molecule has 0 radical (unpaired) electrons. The maximum atomic E-state index is 12.5. The Balaban J connectivity index is 2.02. The molecule has 0 aliphatic rings. The number of likely N-dealkylation sites (N-methyl/N-ethyl adjacent to an activating group) is 1. The molecule has 0 spiro atoms. The molecule has 30 heavy (non-hydrogen) atoms. The van der Waals surface area contributed by atoms with Crippen molar-refractivity contribution in [2.24, 2.45) is 0 Å². The molecule has 0 heterocycles. The molecular formula is C23H28ClNO5. The predicted octanol–water partition coefficient (Wildman–Crippen LogP) is 4.48. The summed E-state index contributed by atoms with van der Waals surface area (Å²) in [5.74, 6) is 2.26. The Morgan fingerprint density at radius 3 is 2.40 bits per heavy atom. The van der Waals surface area contributed by atoms with Crippen molar-refractivity contribution >= 4 is 23.6 Å². The van der Waals surface area contributed by atoms with Crippen molar-refractivity contribution in [1.29, 1.82) is 0 Å². The molecule has 2 rings (SSSR count). The summed E-state index contributed by atoms with van der Waals surface area (Å²) in [5.41, 5.74) is 1.81. The van der Waals surface area contributed by atoms with Crippen LogP contribution in [0.1, 0.15) is 18.1 Å². The third-order valence-electron chi connectivity index (χ3n) is 4.51. The Bertz CT molecular complexity index is 897. The molecule has 0 aliphatic heterocycles. The van der Waals surface area contributed by atoms with Gasteiger partial charge < -0.3 is 23.8 Å². The molecule has 0 bridgehead atoms. The van der Waals surface area contributed by atoms with Crippen LogP contribution in [0.25, 0.3) is 6.08 Å². The third-order valence-corrected chi connectivity index (χ3v) is 4.79. The Hall–Kier alpha value is -2.86. The van der Waals surface area contributed by atoms with Gasteiger partial charge in [0.05, 0.1) is 33.0 Å². The number of hydrogen-bond acceptors (Lipinski definition) is 5. The molecule has 2 aromatic rings. The van der Waals surface area contributed by atoms with Crippen LogP contribution in [-0.4, -0.2) is 52.3 Å². The van der Waals surface area contributed by atoms with Crippen LogP contribution >= 0.6 is 11.6 Å². The van der Waals surface area contributed by atoms with Crippen LogP contribution < -0.4 is 18.9 Å². The first kappa shape index (κ1) is 23.4. The van der Waals surface area contributed by atoms with Gasteiger partial charge in [0.25, 0.3) is 0 Å². The Morgan fingerprint density at radius 1 is 1.03 bits per heavy atom. The van der Waals surface area contributed by atoms with Crippen LogP contribution in [0.2, 0.25) is 5.02 Å². The largest absolute Gasteiger partial charge is 0.493 e. The molecule has 0 N–H and O–H groups in total. The lowest BCUT2D eigenvalue weighted by atomic mass is 10.1. The third kappa shape index (κ3) is 6.07. The highest BCUT2D eigenvalue weighted by atomic mass is 35.5.